The number of alkyl halides is 3. The lowest BCUT2D eigenvalue weighted by Gasteiger charge is -2.35. The first-order valence-corrected chi connectivity index (χ1v) is 11.8. The Balaban J connectivity index is 1.63. The number of hydrogen-bond acceptors (Lipinski definition) is 4. The topological polar surface area (TPSA) is 70.3 Å². The van der Waals surface area contributed by atoms with Gasteiger partial charge >= 0.3 is 6.18 Å². The van der Waals surface area contributed by atoms with Gasteiger partial charge in [-0.25, -0.2) is 4.98 Å². The van der Waals surface area contributed by atoms with Crippen molar-refractivity contribution in [3.8, 4) is 0 Å². The van der Waals surface area contributed by atoms with Crippen LogP contribution in [0.3, 0.4) is 0 Å². The number of aliphatic imine (C=N–C) groups is 1. The SMILES string of the molecule is C=C(C=NC)C(=CC=CC)N1CCN(C(=O)c2nc3c(C(F)(F)F)cc(C4CC4)cn3c2Cl)CC1=O. The van der Waals surface area contributed by atoms with Crippen molar-refractivity contribution in [1.82, 2.24) is 19.2 Å². The Kier molecular flexibility index (Phi) is 7.08. The first kappa shape index (κ1) is 25.7. The minimum absolute atomic E-state index is 0.0381. The summed E-state index contributed by atoms with van der Waals surface area (Å²) in [6.07, 6.45) is 5.27. The van der Waals surface area contributed by atoms with E-state index in [9.17, 15) is 22.8 Å². The zero-order valence-corrected chi connectivity index (χ0v) is 20.6. The predicted octanol–water partition coefficient (Wildman–Crippen LogP) is 4.89. The van der Waals surface area contributed by atoms with E-state index in [2.05, 4.69) is 16.6 Å². The normalized spacial score (nSPS) is 17.7. The second-order valence-corrected chi connectivity index (χ2v) is 9.02. The second-order valence-electron chi connectivity index (χ2n) is 8.67. The maximum atomic E-state index is 13.8. The van der Waals surface area contributed by atoms with Crippen LogP contribution in [0.1, 0.15) is 47.3 Å². The Morgan fingerprint density at radius 3 is 2.61 bits per heavy atom. The van der Waals surface area contributed by atoms with Crippen LogP contribution in [0.15, 0.2) is 53.3 Å². The van der Waals surface area contributed by atoms with Gasteiger partial charge in [-0.1, -0.05) is 30.3 Å². The zero-order chi connectivity index (χ0) is 26.2. The van der Waals surface area contributed by atoms with Crippen LogP contribution in [0.5, 0.6) is 0 Å². The van der Waals surface area contributed by atoms with Crippen LogP contribution in [0, 0.1) is 0 Å². The lowest BCUT2D eigenvalue weighted by Crippen LogP contribution is -2.52. The number of nitrogens with zero attached hydrogens (tertiary/aromatic N) is 5. The van der Waals surface area contributed by atoms with Gasteiger partial charge in [-0.2, -0.15) is 13.2 Å². The molecule has 0 N–H and O–H groups in total. The molecule has 7 nitrogen and oxygen atoms in total. The molecule has 0 radical (unpaired) electrons. The van der Waals surface area contributed by atoms with E-state index in [1.165, 1.54) is 22.2 Å². The lowest BCUT2D eigenvalue weighted by molar-refractivity contribution is -0.136. The molecule has 1 saturated carbocycles. The molecule has 11 heteroatoms. The van der Waals surface area contributed by atoms with Gasteiger partial charge in [-0.05, 0) is 43.4 Å². The van der Waals surface area contributed by atoms with Crippen molar-refractivity contribution in [3.05, 3.63) is 70.3 Å². The number of rotatable bonds is 6. The number of carbonyl (C=O) groups excluding carboxylic acids is 2. The summed E-state index contributed by atoms with van der Waals surface area (Å²) in [4.78, 5) is 36.9. The molecule has 0 aromatic carbocycles. The molecule has 0 bridgehead atoms. The highest BCUT2D eigenvalue weighted by Gasteiger charge is 2.39. The molecule has 2 aromatic heterocycles. The first-order chi connectivity index (χ1) is 17.1. The van der Waals surface area contributed by atoms with Crippen molar-refractivity contribution < 1.29 is 22.8 Å². The molecule has 190 valence electrons. The molecular weight excluding hydrogens is 495 g/mol. The number of aromatic nitrogens is 2. The minimum Gasteiger partial charge on any atom is -0.326 e. The average molecular weight is 520 g/mol. The lowest BCUT2D eigenvalue weighted by atomic mass is 10.1. The van der Waals surface area contributed by atoms with E-state index in [-0.39, 0.29) is 42.3 Å². The third kappa shape index (κ3) is 4.95. The number of imidazole rings is 1. The largest absolute Gasteiger partial charge is 0.419 e. The molecule has 36 heavy (non-hydrogen) atoms. The zero-order valence-electron chi connectivity index (χ0n) is 19.8. The molecule has 0 unspecified atom stereocenters. The molecule has 1 saturated heterocycles. The van der Waals surface area contributed by atoms with Crippen LogP contribution in [-0.2, 0) is 11.0 Å². The Morgan fingerprint density at radius 2 is 2.03 bits per heavy atom. The summed E-state index contributed by atoms with van der Waals surface area (Å²) in [5, 5.41) is -0.209. The molecule has 2 aliphatic rings. The van der Waals surface area contributed by atoms with Gasteiger partial charge in [0.2, 0.25) is 5.91 Å². The summed E-state index contributed by atoms with van der Waals surface area (Å²) < 4.78 is 42.5. The van der Waals surface area contributed by atoms with E-state index in [1.54, 1.807) is 25.3 Å². The van der Waals surface area contributed by atoms with Gasteiger partial charge in [-0.15, -0.1) is 0 Å². The van der Waals surface area contributed by atoms with E-state index in [0.29, 0.717) is 16.8 Å². The number of halogens is 4. The van der Waals surface area contributed by atoms with Crippen molar-refractivity contribution in [2.24, 2.45) is 4.99 Å². The van der Waals surface area contributed by atoms with Crippen LogP contribution in [-0.4, -0.2) is 63.9 Å². The maximum Gasteiger partial charge on any atom is 0.419 e. The molecule has 1 aliphatic carbocycles. The van der Waals surface area contributed by atoms with Crippen molar-refractivity contribution in [2.45, 2.75) is 31.9 Å². The maximum absolute atomic E-state index is 13.8. The molecule has 1 aliphatic heterocycles. The van der Waals surface area contributed by atoms with Crippen molar-refractivity contribution >= 4 is 35.3 Å². The fourth-order valence-electron chi connectivity index (χ4n) is 4.15. The van der Waals surface area contributed by atoms with Crippen molar-refractivity contribution in [3.63, 3.8) is 0 Å². The first-order valence-electron chi connectivity index (χ1n) is 11.4. The van der Waals surface area contributed by atoms with Gasteiger partial charge in [0.15, 0.2) is 11.3 Å². The third-order valence-electron chi connectivity index (χ3n) is 6.10. The predicted molar refractivity (Wildman–Crippen MR) is 131 cm³/mol. The Morgan fingerprint density at radius 1 is 1.31 bits per heavy atom. The van der Waals surface area contributed by atoms with Gasteiger partial charge in [-0.3, -0.25) is 19.0 Å². The van der Waals surface area contributed by atoms with Gasteiger partial charge in [0, 0.05) is 38.1 Å². The van der Waals surface area contributed by atoms with Gasteiger partial charge in [0.05, 0.1) is 11.3 Å². The number of pyridine rings is 1. The van der Waals surface area contributed by atoms with E-state index in [0.717, 1.165) is 23.3 Å². The molecule has 2 aromatic rings. The molecule has 2 fully saturated rings. The van der Waals surface area contributed by atoms with Crippen LogP contribution in [0.4, 0.5) is 13.2 Å². The number of allylic oxidation sites excluding steroid dienone is 4. The minimum atomic E-state index is -4.66. The van der Waals surface area contributed by atoms with Gasteiger partial charge in [0.25, 0.3) is 5.91 Å². The molecule has 0 atom stereocenters. The average Bonchev–Trinajstić information content (AvgIpc) is 3.62. The quantitative estimate of drug-likeness (QED) is 0.403. The number of hydrogen-bond donors (Lipinski definition) is 0. The van der Waals surface area contributed by atoms with Crippen LogP contribution >= 0.6 is 11.6 Å². The monoisotopic (exact) mass is 519 g/mol. The Labute approximate surface area is 211 Å². The highest BCUT2D eigenvalue weighted by atomic mass is 35.5. The van der Waals surface area contributed by atoms with Crippen LogP contribution < -0.4 is 0 Å². The van der Waals surface area contributed by atoms with E-state index < -0.39 is 23.3 Å². The molecule has 0 spiro atoms. The van der Waals surface area contributed by atoms with Crippen LogP contribution in [0.2, 0.25) is 5.15 Å². The van der Waals surface area contributed by atoms with Crippen molar-refractivity contribution in [2.75, 3.05) is 26.7 Å². The Bertz CT molecular complexity index is 1320. The van der Waals surface area contributed by atoms with Gasteiger partial charge in [0.1, 0.15) is 11.7 Å². The third-order valence-corrected chi connectivity index (χ3v) is 6.46. The number of piperazine rings is 1. The summed E-state index contributed by atoms with van der Waals surface area (Å²) in [6, 6.07) is 1.08. The fraction of sp³-hybridized carbons (Fsp3) is 0.360. The summed E-state index contributed by atoms with van der Waals surface area (Å²) in [7, 11) is 1.59. The number of amides is 2. The number of fused-ring (bicyclic) bond motifs is 1. The highest BCUT2D eigenvalue weighted by Crippen LogP contribution is 2.43. The summed E-state index contributed by atoms with van der Waals surface area (Å²) in [5.74, 6) is -1.04. The van der Waals surface area contributed by atoms with E-state index in [1.807, 2.05) is 6.92 Å². The molecular formula is C25H25ClF3N5O2. The molecule has 4 rings (SSSR count). The van der Waals surface area contributed by atoms with E-state index in [4.69, 9.17) is 11.6 Å². The second kappa shape index (κ2) is 9.93. The summed E-state index contributed by atoms with van der Waals surface area (Å²) >= 11 is 6.39. The Hall–Kier alpha value is -3.40. The summed E-state index contributed by atoms with van der Waals surface area (Å²) in [6.45, 7) is 5.79. The fourth-order valence-corrected chi connectivity index (χ4v) is 4.41. The van der Waals surface area contributed by atoms with Gasteiger partial charge < -0.3 is 9.80 Å². The number of carbonyl (C=O) groups is 2. The van der Waals surface area contributed by atoms with E-state index >= 15 is 0 Å². The summed E-state index contributed by atoms with van der Waals surface area (Å²) in [5.41, 5.74) is -0.112. The standard InChI is InChI=1S/C25H25ClF3N5O2/c1-4-5-6-19(15(2)12-30-3)33-10-9-32(14-20(33)35)24(36)21-22(26)34-13-17(16-7-8-16)11-18(23(34)31-21)25(27,28)29/h4-6,11-13,16H,2,7-10,14H2,1,3H3. The molecule has 2 amide bonds. The highest BCUT2D eigenvalue weighted by molar-refractivity contribution is 6.33. The smallest absolute Gasteiger partial charge is 0.326 e. The molecule has 3 heterocycles. The van der Waals surface area contributed by atoms with Crippen molar-refractivity contribution in [1.29, 1.82) is 0 Å². The van der Waals surface area contributed by atoms with Crippen LogP contribution in [0.25, 0.3) is 5.65 Å².